The molecule has 1 unspecified atom stereocenters. The zero-order valence-corrected chi connectivity index (χ0v) is 12.5. The number of thiocarbonyl (C=S) groups is 1. The van der Waals surface area contributed by atoms with E-state index in [9.17, 15) is 0 Å². The number of nitrogens with one attached hydrogen (secondary N) is 1. The standard InChI is InChI=1S/C14H17N3S2/c1-2-15-14(18)17-9-8-16-7-3-5-11(16)13(17)12-6-4-10-19-12/h3-7,10,13H,2,8-9H2,1H3,(H,15,18). The second kappa shape index (κ2) is 5.35. The van der Waals surface area contributed by atoms with Crippen molar-refractivity contribution in [3.8, 4) is 0 Å². The lowest BCUT2D eigenvalue weighted by Crippen LogP contribution is -2.46. The van der Waals surface area contributed by atoms with E-state index in [1.165, 1.54) is 10.6 Å². The topological polar surface area (TPSA) is 20.2 Å². The van der Waals surface area contributed by atoms with Gasteiger partial charge in [-0.25, -0.2) is 0 Å². The molecule has 19 heavy (non-hydrogen) atoms. The average Bonchev–Trinajstić information content (AvgIpc) is 3.08. The molecule has 0 bridgehead atoms. The van der Waals surface area contributed by atoms with Gasteiger partial charge in [-0.3, -0.25) is 0 Å². The predicted molar refractivity (Wildman–Crippen MR) is 83.6 cm³/mol. The summed E-state index contributed by atoms with van der Waals surface area (Å²) in [6, 6.07) is 8.87. The van der Waals surface area contributed by atoms with E-state index in [0.717, 1.165) is 24.7 Å². The quantitative estimate of drug-likeness (QED) is 0.859. The molecule has 0 saturated heterocycles. The van der Waals surface area contributed by atoms with E-state index in [2.05, 4.69) is 57.5 Å². The third-order valence-electron chi connectivity index (χ3n) is 3.44. The molecule has 3 nitrogen and oxygen atoms in total. The molecule has 1 atom stereocenters. The summed E-state index contributed by atoms with van der Waals surface area (Å²) < 4.78 is 2.33. The van der Waals surface area contributed by atoms with Crippen LogP contribution in [-0.4, -0.2) is 27.7 Å². The van der Waals surface area contributed by atoms with Gasteiger partial charge in [0.05, 0.1) is 0 Å². The van der Waals surface area contributed by atoms with Gasteiger partial charge in [-0.2, -0.15) is 0 Å². The van der Waals surface area contributed by atoms with Crippen LogP contribution in [0.4, 0.5) is 0 Å². The van der Waals surface area contributed by atoms with E-state index in [1.54, 1.807) is 11.3 Å². The first-order valence-electron chi connectivity index (χ1n) is 6.54. The maximum Gasteiger partial charge on any atom is 0.169 e. The van der Waals surface area contributed by atoms with Gasteiger partial charge in [0.25, 0.3) is 0 Å². The van der Waals surface area contributed by atoms with Gasteiger partial charge in [0.1, 0.15) is 6.04 Å². The van der Waals surface area contributed by atoms with Gasteiger partial charge in [0.15, 0.2) is 5.11 Å². The van der Waals surface area contributed by atoms with Crippen LogP contribution >= 0.6 is 23.6 Å². The molecule has 1 aliphatic heterocycles. The Morgan fingerprint density at radius 2 is 2.32 bits per heavy atom. The third-order valence-corrected chi connectivity index (χ3v) is 4.74. The zero-order valence-electron chi connectivity index (χ0n) is 10.9. The molecule has 0 radical (unpaired) electrons. The van der Waals surface area contributed by atoms with Crippen molar-refractivity contribution in [2.75, 3.05) is 13.1 Å². The molecule has 3 rings (SSSR count). The zero-order chi connectivity index (χ0) is 13.2. The Bertz CT molecular complexity index is 559. The molecule has 3 heterocycles. The largest absolute Gasteiger partial charge is 0.363 e. The lowest BCUT2D eigenvalue weighted by atomic mass is 10.1. The van der Waals surface area contributed by atoms with Gasteiger partial charge in [-0.15, -0.1) is 11.3 Å². The maximum absolute atomic E-state index is 5.54. The molecule has 100 valence electrons. The molecule has 0 amide bonds. The number of thiophene rings is 1. The number of fused-ring (bicyclic) bond motifs is 1. The fourth-order valence-electron chi connectivity index (χ4n) is 2.60. The van der Waals surface area contributed by atoms with Crippen molar-refractivity contribution in [2.24, 2.45) is 0 Å². The van der Waals surface area contributed by atoms with Gasteiger partial charge in [-0.05, 0) is 42.7 Å². The van der Waals surface area contributed by atoms with E-state index in [4.69, 9.17) is 12.2 Å². The first kappa shape index (κ1) is 12.7. The number of hydrogen-bond acceptors (Lipinski definition) is 2. The summed E-state index contributed by atoms with van der Waals surface area (Å²) in [5.74, 6) is 0. The summed E-state index contributed by atoms with van der Waals surface area (Å²) in [5.41, 5.74) is 1.33. The molecule has 2 aromatic heterocycles. The fourth-order valence-corrected chi connectivity index (χ4v) is 3.79. The van der Waals surface area contributed by atoms with Crippen LogP contribution in [0.1, 0.15) is 23.5 Å². The third kappa shape index (κ3) is 2.28. The molecule has 5 heteroatoms. The van der Waals surface area contributed by atoms with Crippen LogP contribution in [0.2, 0.25) is 0 Å². The Hall–Kier alpha value is -1.33. The molecule has 0 spiro atoms. The number of hydrogen-bond donors (Lipinski definition) is 1. The van der Waals surface area contributed by atoms with Crippen LogP contribution in [0.5, 0.6) is 0 Å². The van der Waals surface area contributed by atoms with Crippen LogP contribution in [0.25, 0.3) is 0 Å². The monoisotopic (exact) mass is 291 g/mol. The first-order chi connectivity index (χ1) is 9.31. The highest BCUT2D eigenvalue weighted by molar-refractivity contribution is 7.80. The van der Waals surface area contributed by atoms with Crippen molar-refractivity contribution in [3.05, 3.63) is 46.4 Å². The van der Waals surface area contributed by atoms with E-state index >= 15 is 0 Å². The Kier molecular flexibility index (Phi) is 3.57. The van der Waals surface area contributed by atoms with Gasteiger partial charge in [-0.1, -0.05) is 6.07 Å². The smallest absolute Gasteiger partial charge is 0.169 e. The number of nitrogens with zero attached hydrogens (tertiary/aromatic N) is 2. The fraction of sp³-hybridized carbons (Fsp3) is 0.357. The molecular formula is C14H17N3S2. The minimum absolute atomic E-state index is 0.246. The van der Waals surface area contributed by atoms with E-state index < -0.39 is 0 Å². The lowest BCUT2D eigenvalue weighted by molar-refractivity contribution is 0.289. The van der Waals surface area contributed by atoms with Crippen LogP contribution in [0.15, 0.2) is 35.8 Å². The van der Waals surface area contributed by atoms with Crippen LogP contribution < -0.4 is 5.32 Å². The van der Waals surface area contributed by atoms with Crippen LogP contribution in [0.3, 0.4) is 0 Å². The molecule has 2 aromatic rings. The predicted octanol–water partition coefficient (Wildman–Crippen LogP) is 2.85. The van der Waals surface area contributed by atoms with Crippen LogP contribution in [-0.2, 0) is 6.54 Å². The Balaban J connectivity index is 1.99. The lowest BCUT2D eigenvalue weighted by Gasteiger charge is -2.38. The van der Waals surface area contributed by atoms with Crippen molar-refractivity contribution < 1.29 is 0 Å². The minimum atomic E-state index is 0.246. The highest BCUT2D eigenvalue weighted by Crippen LogP contribution is 2.34. The minimum Gasteiger partial charge on any atom is -0.363 e. The molecular weight excluding hydrogens is 274 g/mol. The number of rotatable bonds is 2. The summed E-state index contributed by atoms with van der Waals surface area (Å²) in [7, 11) is 0. The molecule has 0 fully saturated rings. The van der Waals surface area contributed by atoms with Gasteiger partial charge < -0.3 is 14.8 Å². The van der Waals surface area contributed by atoms with Crippen molar-refractivity contribution in [1.29, 1.82) is 0 Å². The Morgan fingerprint density at radius 3 is 3.05 bits per heavy atom. The van der Waals surface area contributed by atoms with Gasteiger partial charge in [0.2, 0.25) is 0 Å². The normalized spacial score (nSPS) is 18.2. The molecule has 1 N–H and O–H groups in total. The van der Waals surface area contributed by atoms with Gasteiger partial charge >= 0.3 is 0 Å². The first-order valence-corrected chi connectivity index (χ1v) is 7.83. The number of aromatic nitrogens is 1. The molecule has 1 aliphatic rings. The molecule has 0 aromatic carbocycles. The Morgan fingerprint density at radius 1 is 1.42 bits per heavy atom. The van der Waals surface area contributed by atoms with Crippen molar-refractivity contribution in [1.82, 2.24) is 14.8 Å². The van der Waals surface area contributed by atoms with Crippen LogP contribution in [0, 0.1) is 0 Å². The summed E-state index contributed by atoms with van der Waals surface area (Å²) in [6.07, 6.45) is 2.16. The summed E-state index contributed by atoms with van der Waals surface area (Å²) >= 11 is 7.33. The summed E-state index contributed by atoms with van der Waals surface area (Å²) in [6.45, 7) is 4.90. The second-order valence-corrected chi connectivity index (χ2v) is 5.94. The maximum atomic E-state index is 5.54. The second-order valence-electron chi connectivity index (χ2n) is 4.57. The van der Waals surface area contributed by atoms with E-state index in [-0.39, 0.29) is 6.04 Å². The summed E-state index contributed by atoms with van der Waals surface area (Å²) in [4.78, 5) is 3.65. The Labute approximate surface area is 122 Å². The van der Waals surface area contributed by atoms with Crippen molar-refractivity contribution in [3.63, 3.8) is 0 Å². The average molecular weight is 291 g/mol. The molecule has 0 saturated carbocycles. The van der Waals surface area contributed by atoms with Crippen molar-refractivity contribution >= 4 is 28.7 Å². The highest BCUT2D eigenvalue weighted by Gasteiger charge is 2.30. The van der Waals surface area contributed by atoms with Crippen molar-refractivity contribution in [2.45, 2.75) is 19.5 Å². The summed E-state index contributed by atoms with van der Waals surface area (Å²) in [5, 5.41) is 6.27. The van der Waals surface area contributed by atoms with Gasteiger partial charge in [0, 0.05) is 36.4 Å². The SMILES string of the molecule is CCNC(=S)N1CCn2cccc2C1c1cccs1. The van der Waals surface area contributed by atoms with E-state index in [1.807, 2.05) is 0 Å². The molecule has 0 aliphatic carbocycles. The van der Waals surface area contributed by atoms with E-state index in [0.29, 0.717) is 0 Å². The highest BCUT2D eigenvalue weighted by atomic mass is 32.1.